The zero-order chi connectivity index (χ0) is 24.6. The van der Waals surface area contributed by atoms with Gasteiger partial charge in [-0.05, 0) is 35.0 Å². The maximum atomic E-state index is 13.2. The van der Waals surface area contributed by atoms with E-state index >= 15 is 0 Å². The molecule has 0 aromatic heterocycles. The molecule has 10 heteroatoms. The van der Waals surface area contributed by atoms with E-state index in [2.05, 4.69) is 22.3 Å². The number of rotatable bonds is 6. The van der Waals surface area contributed by atoms with Crippen molar-refractivity contribution in [1.29, 1.82) is 0 Å². The number of piperidine rings is 1. The summed E-state index contributed by atoms with van der Waals surface area (Å²) in [7, 11) is 12.9. The number of benzene rings is 2. The van der Waals surface area contributed by atoms with Gasteiger partial charge in [0.05, 0.1) is 28.9 Å². The van der Waals surface area contributed by atoms with Crippen LogP contribution in [0.4, 0.5) is 0 Å². The molecule has 8 nitrogen and oxygen atoms in total. The van der Waals surface area contributed by atoms with Crippen LogP contribution in [0.3, 0.4) is 0 Å². The van der Waals surface area contributed by atoms with Crippen LogP contribution in [0.5, 0.6) is 5.75 Å². The number of ether oxygens (including phenoxy) is 2. The number of fused-ring (bicyclic) bond motifs is 1. The van der Waals surface area contributed by atoms with Crippen molar-refractivity contribution >= 4 is 33.4 Å². The topological polar surface area (TPSA) is 88.2 Å². The molecular weight excluding hydrogens is 444 g/mol. The van der Waals surface area contributed by atoms with Gasteiger partial charge < -0.3 is 14.4 Å². The first-order chi connectivity index (χ1) is 16.8. The number of morpholine rings is 1. The highest BCUT2D eigenvalue weighted by Gasteiger charge is 2.49. The lowest BCUT2D eigenvalue weighted by molar-refractivity contribution is -0.137. The number of nitrogens with one attached hydrogen (secondary N) is 1. The Labute approximate surface area is 206 Å². The standard InChI is InChI=1S/C25H25B2N3O5/c26-25(27)22-18(24(33)30(25)19-8-9-21(31)28-23(19)32)2-1-3-20(22)35-15-17-6-4-16(5-7-17)14-29-10-12-34-13-11-29/h1-7,19H,8-15H2,(H,28,31,32). The molecular formula is C25H25B2N3O5. The summed E-state index contributed by atoms with van der Waals surface area (Å²) in [5.41, 5.74) is 2.79. The molecule has 5 rings (SSSR count). The lowest BCUT2D eigenvalue weighted by Crippen LogP contribution is -2.59. The van der Waals surface area contributed by atoms with Crippen LogP contribution < -0.4 is 10.1 Å². The molecule has 3 aliphatic heterocycles. The second-order valence-electron chi connectivity index (χ2n) is 9.14. The third-order valence-electron chi connectivity index (χ3n) is 6.72. The van der Waals surface area contributed by atoms with Crippen LogP contribution in [0.2, 0.25) is 0 Å². The average Bonchev–Trinajstić information content (AvgIpc) is 3.05. The predicted octanol–water partition coefficient (Wildman–Crippen LogP) is 0.806. The molecule has 176 valence electrons. The summed E-state index contributed by atoms with van der Waals surface area (Å²) >= 11 is 0. The quantitative estimate of drug-likeness (QED) is 0.498. The number of imide groups is 1. The van der Waals surface area contributed by atoms with Crippen molar-refractivity contribution in [1.82, 2.24) is 15.1 Å². The molecule has 2 saturated heterocycles. The first-order valence-corrected chi connectivity index (χ1v) is 11.7. The molecule has 2 aromatic rings. The first kappa shape index (κ1) is 23.6. The molecule has 0 spiro atoms. The van der Waals surface area contributed by atoms with Crippen molar-refractivity contribution in [3.8, 4) is 5.75 Å². The highest BCUT2D eigenvalue weighted by Crippen LogP contribution is 2.42. The second-order valence-corrected chi connectivity index (χ2v) is 9.14. The summed E-state index contributed by atoms with van der Waals surface area (Å²) in [6.07, 6.45) is 0.269. The van der Waals surface area contributed by atoms with Crippen LogP contribution in [0.25, 0.3) is 0 Å². The van der Waals surface area contributed by atoms with Crippen molar-refractivity contribution in [2.75, 3.05) is 26.3 Å². The number of nitrogens with zero attached hydrogens (tertiary/aromatic N) is 2. The normalized spacial score (nSPS) is 22.1. The summed E-state index contributed by atoms with van der Waals surface area (Å²) < 4.78 is 11.5. The Bertz CT molecular complexity index is 1150. The summed E-state index contributed by atoms with van der Waals surface area (Å²) in [6.45, 7) is 4.52. The lowest BCUT2D eigenvalue weighted by Gasteiger charge is -2.40. The molecule has 3 heterocycles. The minimum absolute atomic E-state index is 0.109. The van der Waals surface area contributed by atoms with E-state index in [1.54, 1.807) is 18.2 Å². The Hall–Kier alpha value is -3.10. The zero-order valence-electron chi connectivity index (χ0n) is 19.4. The Morgan fingerprint density at radius 3 is 2.46 bits per heavy atom. The van der Waals surface area contributed by atoms with Gasteiger partial charge >= 0.3 is 0 Å². The van der Waals surface area contributed by atoms with Crippen LogP contribution in [0.15, 0.2) is 42.5 Å². The van der Waals surface area contributed by atoms with Crippen molar-refractivity contribution in [2.45, 2.75) is 37.4 Å². The SMILES string of the molecule is [B]C1([B])c2c(OCc3ccc(CN4CCOCC4)cc3)cccc2C(=O)N1C1CCC(=O)NC1=O. The second kappa shape index (κ2) is 9.51. The van der Waals surface area contributed by atoms with Crippen molar-refractivity contribution < 1.29 is 23.9 Å². The van der Waals surface area contributed by atoms with Gasteiger partial charge in [0, 0.05) is 37.2 Å². The third kappa shape index (κ3) is 4.60. The molecule has 0 saturated carbocycles. The molecule has 0 bridgehead atoms. The van der Waals surface area contributed by atoms with Crippen molar-refractivity contribution in [3.63, 3.8) is 0 Å². The Morgan fingerprint density at radius 2 is 1.74 bits per heavy atom. The molecule has 0 aliphatic carbocycles. The highest BCUT2D eigenvalue weighted by molar-refractivity contribution is 6.43. The van der Waals surface area contributed by atoms with Gasteiger partial charge in [-0.1, -0.05) is 30.3 Å². The molecule has 1 atom stereocenters. The summed E-state index contributed by atoms with van der Waals surface area (Å²) in [5.74, 6) is -1.04. The molecule has 2 fully saturated rings. The maximum Gasteiger partial charge on any atom is 0.254 e. The molecule has 3 aliphatic rings. The van der Waals surface area contributed by atoms with Crippen LogP contribution >= 0.6 is 0 Å². The van der Waals surface area contributed by atoms with E-state index in [4.69, 9.17) is 25.2 Å². The van der Waals surface area contributed by atoms with Gasteiger partial charge in [0.2, 0.25) is 11.8 Å². The van der Waals surface area contributed by atoms with E-state index in [1.165, 1.54) is 5.56 Å². The zero-order valence-corrected chi connectivity index (χ0v) is 19.4. The fourth-order valence-electron chi connectivity index (χ4n) is 4.91. The number of amides is 3. The monoisotopic (exact) mass is 469 g/mol. The molecule has 1 unspecified atom stereocenters. The van der Waals surface area contributed by atoms with Gasteiger partial charge in [-0.25, -0.2) is 0 Å². The van der Waals surface area contributed by atoms with Gasteiger partial charge in [-0.15, -0.1) is 0 Å². The minimum atomic E-state index is -1.76. The lowest BCUT2D eigenvalue weighted by atomic mass is 9.57. The van der Waals surface area contributed by atoms with Crippen LogP contribution in [-0.2, 0) is 32.8 Å². The summed E-state index contributed by atoms with van der Waals surface area (Å²) in [6, 6.07) is 12.3. The van der Waals surface area contributed by atoms with E-state index in [0.717, 1.165) is 43.3 Å². The van der Waals surface area contributed by atoms with Gasteiger partial charge in [-0.2, -0.15) is 0 Å². The van der Waals surface area contributed by atoms with Crippen LogP contribution in [0, 0.1) is 0 Å². The third-order valence-corrected chi connectivity index (χ3v) is 6.72. The number of hydrogen-bond donors (Lipinski definition) is 1. The molecule has 4 radical (unpaired) electrons. The summed E-state index contributed by atoms with van der Waals surface area (Å²) in [5, 5.41) is 0.503. The number of carbonyl (C=O) groups is 3. The van der Waals surface area contributed by atoms with Crippen LogP contribution in [-0.4, -0.2) is 75.6 Å². The molecule has 3 amide bonds. The smallest absolute Gasteiger partial charge is 0.254 e. The Kier molecular flexibility index (Phi) is 6.42. The molecule has 35 heavy (non-hydrogen) atoms. The Morgan fingerprint density at radius 1 is 1.03 bits per heavy atom. The first-order valence-electron chi connectivity index (χ1n) is 11.7. The van der Waals surface area contributed by atoms with Gasteiger partial charge in [0.15, 0.2) is 0 Å². The van der Waals surface area contributed by atoms with Gasteiger partial charge in [0.1, 0.15) is 18.4 Å². The van der Waals surface area contributed by atoms with Crippen LogP contribution in [0.1, 0.15) is 39.9 Å². The highest BCUT2D eigenvalue weighted by atomic mass is 16.5. The van der Waals surface area contributed by atoms with E-state index in [1.807, 2.05) is 12.1 Å². The van der Waals surface area contributed by atoms with E-state index in [0.29, 0.717) is 11.3 Å². The summed E-state index contributed by atoms with van der Waals surface area (Å²) in [4.78, 5) is 40.7. The van der Waals surface area contributed by atoms with Gasteiger partial charge in [0.25, 0.3) is 5.91 Å². The van der Waals surface area contributed by atoms with Crippen molar-refractivity contribution in [2.24, 2.45) is 0 Å². The van der Waals surface area contributed by atoms with Gasteiger partial charge in [-0.3, -0.25) is 24.6 Å². The fraction of sp³-hybridized carbons (Fsp3) is 0.400. The average molecular weight is 469 g/mol. The molecule has 1 N–H and O–H groups in total. The largest absolute Gasteiger partial charge is 0.489 e. The van der Waals surface area contributed by atoms with E-state index in [-0.39, 0.29) is 30.9 Å². The predicted molar refractivity (Wildman–Crippen MR) is 129 cm³/mol. The maximum absolute atomic E-state index is 13.2. The van der Waals surface area contributed by atoms with E-state index in [9.17, 15) is 14.4 Å². The minimum Gasteiger partial charge on any atom is -0.489 e. The number of hydrogen-bond acceptors (Lipinski definition) is 6. The fourth-order valence-corrected chi connectivity index (χ4v) is 4.91. The molecule has 2 aromatic carbocycles. The number of carbonyl (C=O) groups excluding carboxylic acids is 3. The van der Waals surface area contributed by atoms with Crippen molar-refractivity contribution in [3.05, 3.63) is 64.7 Å². The Balaban J connectivity index is 1.31. The van der Waals surface area contributed by atoms with E-state index < -0.39 is 23.2 Å².